The first-order chi connectivity index (χ1) is 16.7. The number of halogens is 4. The minimum Gasteiger partial charge on any atom is -0.379 e. The zero-order chi connectivity index (χ0) is 26.7. The molecule has 0 saturated heterocycles. The number of nitrogens with zero attached hydrogens (tertiary/aromatic N) is 1. The van der Waals surface area contributed by atoms with Crippen LogP contribution in [0.3, 0.4) is 0 Å². The van der Waals surface area contributed by atoms with E-state index in [1.54, 1.807) is 25.1 Å². The number of rotatable bonds is 9. The van der Waals surface area contributed by atoms with E-state index in [1.165, 1.54) is 34.6 Å². The molecule has 3 aromatic carbocycles. The Morgan fingerprint density at radius 2 is 1.56 bits per heavy atom. The number of benzene rings is 3. The van der Waals surface area contributed by atoms with E-state index < -0.39 is 36.8 Å². The zero-order valence-corrected chi connectivity index (χ0v) is 22.5. The van der Waals surface area contributed by atoms with Gasteiger partial charge >= 0.3 is 16.3 Å². The Kier molecular flexibility index (Phi) is 8.54. The molecule has 0 saturated carbocycles. The Balaban J connectivity index is 1.89. The predicted octanol–water partition coefficient (Wildman–Crippen LogP) is 6.23. The highest BCUT2D eigenvalue weighted by Gasteiger charge is 2.32. The molecule has 0 aliphatic rings. The Labute approximate surface area is 217 Å². The van der Waals surface area contributed by atoms with Crippen molar-refractivity contribution in [2.75, 3.05) is 0 Å². The van der Waals surface area contributed by atoms with E-state index >= 15 is 0 Å². The second-order valence-electron chi connectivity index (χ2n) is 7.97. The van der Waals surface area contributed by atoms with Crippen LogP contribution in [0.5, 0.6) is 5.75 Å². The first-order valence-corrected chi connectivity index (χ1v) is 14.4. The Bertz CT molecular complexity index is 1430. The fraction of sp³-hybridized carbons (Fsp3) is 0.250. The van der Waals surface area contributed by atoms with Crippen LogP contribution in [-0.2, 0) is 32.9 Å². The van der Waals surface area contributed by atoms with Gasteiger partial charge in [0.1, 0.15) is 10.6 Å². The van der Waals surface area contributed by atoms with E-state index in [9.17, 15) is 30.0 Å². The standard InChI is InChI=1S/C24H23BrF3NO5S2/c1-3-17(2)29(35(30,31)22-12-10-20(25)11-13-22)16-18-6-4-8-21(14-18)34-36(32,33)23-9-5-7-19(15-23)24(26,27)28/h4-15,17H,3,16H2,1-2H3. The van der Waals surface area contributed by atoms with Crippen LogP contribution in [0, 0.1) is 0 Å². The highest BCUT2D eigenvalue weighted by molar-refractivity contribution is 9.10. The van der Waals surface area contributed by atoms with Gasteiger partial charge < -0.3 is 4.18 Å². The summed E-state index contributed by atoms with van der Waals surface area (Å²) >= 11 is 3.28. The molecule has 3 aromatic rings. The van der Waals surface area contributed by atoms with Crippen molar-refractivity contribution in [2.24, 2.45) is 0 Å². The number of hydrogen-bond donors (Lipinski definition) is 0. The Hall–Kier alpha value is -2.41. The molecule has 1 atom stereocenters. The van der Waals surface area contributed by atoms with Crippen molar-refractivity contribution in [3.05, 3.63) is 88.4 Å². The highest BCUT2D eigenvalue weighted by Crippen LogP contribution is 2.31. The Morgan fingerprint density at radius 1 is 0.917 bits per heavy atom. The molecule has 36 heavy (non-hydrogen) atoms. The minimum absolute atomic E-state index is 0.0752. The first kappa shape index (κ1) is 28.2. The largest absolute Gasteiger partial charge is 0.416 e. The molecule has 0 amide bonds. The van der Waals surface area contributed by atoms with Crippen molar-refractivity contribution in [1.82, 2.24) is 4.31 Å². The van der Waals surface area contributed by atoms with Crippen LogP contribution in [-0.4, -0.2) is 27.2 Å². The molecule has 0 heterocycles. The molecule has 0 aliphatic carbocycles. The molecule has 194 valence electrons. The highest BCUT2D eigenvalue weighted by atomic mass is 79.9. The summed E-state index contributed by atoms with van der Waals surface area (Å²) in [5, 5.41) is 0. The SMILES string of the molecule is CCC(C)N(Cc1cccc(OS(=O)(=O)c2cccc(C(F)(F)F)c2)c1)S(=O)(=O)c1ccc(Br)cc1. The van der Waals surface area contributed by atoms with Gasteiger partial charge in [0.25, 0.3) is 0 Å². The van der Waals surface area contributed by atoms with Gasteiger partial charge in [-0.25, -0.2) is 8.42 Å². The number of alkyl halides is 3. The molecule has 6 nitrogen and oxygen atoms in total. The fourth-order valence-electron chi connectivity index (χ4n) is 3.30. The maximum atomic E-state index is 13.4. The molecule has 0 spiro atoms. The molecule has 3 rings (SSSR count). The summed E-state index contributed by atoms with van der Waals surface area (Å²) in [7, 11) is -8.46. The normalized spacial score (nSPS) is 13.5. The second kappa shape index (κ2) is 10.9. The van der Waals surface area contributed by atoms with Crippen molar-refractivity contribution >= 4 is 36.1 Å². The molecule has 1 unspecified atom stereocenters. The second-order valence-corrected chi connectivity index (χ2v) is 12.3. The van der Waals surface area contributed by atoms with E-state index in [0.29, 0.717) is 18.1 Å². The van der Waals surface area contributed by atoms with Gasteiger partial charge in [-0.1, -0.05) is 41.1 Å². The van der Waals surface area contributed by atoms with Gasteiger partial charge in [-0.05, 0) is 73.5 Å². The summed E-state index contributed by atoms with van der Waals surface area (Å²) in [6.45, 7) is 3.53. The first-order valence-electron chi connectivity index (χ1n) is 10.7. The lowest BCUT2D eigenvalue weighted by Crippen LogP contribution is -2.37. The molecular weight excluding hydrogens is 583 g/mol. The van der Waals surface area contributed by atoms with E-state index in [0.717, 1.165) is 22.7 Å². The molecular formula is C24H23BrF3NO5S2. The lowest BCUT2D eigenvalue weighted by Gasteiger charge is -2.28. The lowest BCUT2D eigenvalue weighted by molar-refractivity contribution is -0.137. The fourth-order valence-corrected chi connectivity index (χ4v) is 6.23. The van der Waals surface area contributed by atoms with Crippen molar-refractivity contribution in [3.8, 4) is 5.75 Å². The van der Waals surface area contributed by atoms with Crippen LogP contribution in [0.2, 0.25) is 0 Å². The van der Waals surface area contributed by atoms with Crippen LogP contribution in [0.1, 0.15) is 31.4 Å². The monoisotopic (exact) mass is 605 g/mol. The maximum absolute atomic E-state index is 13.4. The van der Waals surface area contributed by atoms with Crippen LogP contribution in [0.15, 0.2) is 87.1 Å². The third-order valence-electron chi connectivity index (χ3n) is 5.40. The van der Waals surface area contributed by atoms with Gasteiger partial charge in [-0.3, -0.25) is 0 Å². The van der Waals surface area contributed by atoms with Gasteiger partial charge in [0.15, 0.2) is 0 Å². The van der Waals surface area contributed by atoms with Crippen LogP contribution >= 0.6 is 15.9 Å². The van der Waals surface area contributed by atoms with E-state index in [-0.39, 0.29) is 23.2 Å². The van der Waals surface area contributed by atoms with Crippen LogP contribution < -0.4 is 4.18 Å². The molecule has 0 aromatic heterocycles. The van der Waals surface area contributed by atoms with Gasteiger partial charge in [0, 0.05) is 17.1 Å². The smallest absolute Gasteiger partial charge is 0.379 e. The lowest BCUT2D eigenvalue weighted by atomic mass is 10.2. The van der Waals surface area contributed by atoms with E-state index in [1.807, 2.05) is 6.92 Å². The molecule has 0 N–H and O–H groups in total. The maximum Gasteiger partial charge on any atom is 0.416 e. The average molecular weight is 606 g/mol. The summed E-state index contributed by atoms with van der Waals surface area (Å²) in [6.07, 6.45) is -4.19. The molecule has 0 bridgehead atoms. The third kappa shape index (κ3) is 6.67. The van der Waals surface area contributed by atoms with Crippen molar-refractivity contribution in [3.63, 3.8) is 0 Å². The summed E-state index contributed by atoms with van der Waals surface area (Å²) < 4.78 is 98.1. The minimum atomic E-state index is -4.72. The molecule has 0 radical (unpaired) electrons. The average Bonchev–Trinajstić information content (AvgIpc) is 2.82. The van der Waals surface area contributed by atoms with Crippen LogP contribution in [0.4, 0.5) is 13.2 Å². The summed E-state index contributed by atoms with van der Waals surface area (Å²) in [4.78, 5) is -0.549. The zero-order valence-electron chi connectivity index (χ0n) is 19.2. The predicted molar refractivity (Wildman–Crippen MR) is 132 cm³/mol. The molecule has 0 fully saturated rings. The van der Waals surface area contributed by atoms with Gasteiger partial charge in [0.05, 0.1) is 10.5 Å². The quantitative estimate of drug-likeness (QED) is 0.270. The summed E-state index contributed by atoms with van der Waals surface area (Å²) in [6, 6.07) is 14.8. The molecule has 0 aliphatic heterocycles. The van der Waals surface area contributed by atoms with Gasteiger partial charge in [-0.2, -0.15) is 25.9 Å². The third-order valence-corrected chi connectivity index (χ3v) is 9.14. The summed E-state index contributed by atoms with van der Waals surface area (Å²) in [5.74, 6) is -0.157. The van der Waals surface area contributed by atoms with Crippen LogP contribution in [0.25, 0.3) is 0 Å². The number of sulfonamides is 1. The van der Waals surface area contributed by atoms with Gasteiger partial charge in [-0.15, -0.1) is 0 Å². The molecule has 12 heteroatoms. The van der Waals surface area contributed by atoms with E-state index in [2.05, 4.69) is 15.9 Å². The number of hydrogen-bond acceptors (Lipinski definition) is 5. The van der Waals surface area contributed by atoms with Gasteiger partial charge in [0.2, 0.25) is 10.0 Å². The Morgan fingerprint density at radius 3 is 2.17 bits per heavy atom. The van der Waals surface area contributed by atoms with E-state index in [4.69, 9.17) is 4.18 Å². The van der Waals surface area contributed by atoms with Crippen molar-refractivity contribution in [2.45, 2.75) is 48.8 Å². The van der Waals surface area contributed by atoms with Crippen molar-refractivity contribution < 1.29 is 34.2 Å². The van der Waals surface area contributed by atoms with Crippen molar-refractivity contribution in [1.29, 1.82) is 0 Å². The summed E-state index contributed by atoms with van der Waals surface area (Å²) in [5.41, 5.74) is -0.684. The topological polar surface area (TPSA) is 80.8 Å².